The molecule has 0 saturated heterocycles. The highest BCUT2D eigenvalue weighted by atomic mass is 16.5. The maximum absolute atomic E-state index is 12.5. The number of carbonyl (C=O) groups excluding carboxylic acids is 1. The standard InChI is InChI=1S/C20H21N3O3/c1-11-12(2)15-7-9-18(22-19(15)21-13(11)3)23-20(24)14-6-8-16(25-4)17(10-14)26-5/h6-10H,1-5H3,(H,21,22,23,24). The van der Waals surface area contributed by atoms with Gasteiger partial charge in [-0.2, -0.15) is 0 Å². The molecule has 0 radical (unpaired) electrons. The van der Waals surface area contributed by atoms with Crippen LogP contribution in [0, 0.1) is 20.8 Å². The second-order valence-corrected chi connectivity index (χ2v) is 6.04. The molecule has 26 heavy (non-hydrogen) atoms. The van der Waals surface area contributed by atoms with Gasteiger partial charge in [-0.25, -0.2) is 9.97 Å². The molecule has 0 bridgehead atoms. The second kappa shape index (κ2) is 7.00. The topological polar surface area (TPSA) is 73.3 Å². The van der Waals surface area contributed by atoms with E-state index in [1.807, 2.05) is 19.9 Å². The first kappa shape index (κ1) is 17.7. The fourth-order valence-corrected chi connectivity index (χ4v) is 2.78. The quantitative estimate of drug-likeness (QED) is 0.773. The molecule has 6 nitrogen and oxygen atoms in total. The van der Waals surface area contributed by atoms with Crippen LogP contribution < -0.4 is 14.8 Å². The molecule has 0 unspecified atom stereocenters. The van der Waals surface area contributed by atoms with E-state index in [1.54, 1.807) is 31.4 Å². The van der Waals surface area contributed by atoms with Gasteiger partial charge in [0.25, 0.3) is 5.91 Å². The highest BCUT2D eigenvalue weighted by Crippen LogP contribution is 2.28. The third kappa shape index (κ3) is 3.18. The number of carbonyl (C=O) groups is 1. The van der Waals surface area contributed by atoms with E-state index < -0.39 is 0 Å². The van der Waals surface area contributed by atoms with Gasteiger partial charge in [-0.1, -0.05) is 0 Å². The van der Waals surface area contributed by atoms with Gasteiger partial charge in [0.05, 0.1) is 14.2 Å². The molecular formula is C20H21N3O3. The number of hydrogen-bond acceptors (Lipinski definition) is 5. The van der Waals surface area contributed by atoms with E-state index in [9.17, 15) is 4.79 Å². The Morgan fingerprint density at radius 2 is 1.65 bits per heavy atom. The first-order valence-electron chi connectivity index (χ1n) is 8.22. The predicted molar refractivity (Wildman–Crippen MR) is 101 cm³/mol. The van der Waals surface area contributed by atoms with E-state index in [0.29, 0.717) is 28.5 Å². The van der Waals surface area contributed by atoms with E-state index in [4.69, 9.17) is 9.47 Å². The van der Waals surface area contributed by atoms with Gasteiger partial charge in [0.2, 0.25) is 0 Å². The SMILES string of the molecule is COc1ccc(C(=O)Nc2ccc3c(C)c(C)c(C)nc3n2)cc1OC. The first-order chi connectivity index (χ1) is 12.4. The van der Waals surface area contributed by atoms with Crippen molar-refractivity contribution in [3.63, 3.8) is 0 Å². The minimum Gasteiger partial charge on any atom is -0.493 e. The van der Waals surface area contributed by atoms with Crippen molar-refractivity contribution in [1.82, 2.24) is 9.97 Å². The molecule has 134 valence electrons. The van der Waals surface area contributed by atoms with E-state index in [0.717, 1.165) is 22.2 Å². The summed E-state index contributed by atoms with van der Waals surface area (Å²) in [5.74, 6) is 1.24. The highest BCUT2D eigenvalue weighted by molar-refractivity contribution is 6.04. The number of benzene rings is 1. The van der Waals surface area contributed by atoms with Crippen molar-refractivity contribution in [2.24, 2.45) is 0 Å². The molecule has 0 spiro atoms. The van der Waals surface area contributed by atoms with E-state index in [1.165, 1.54) is 7.11 Å². The van der Waals surface area contributed by atoms with E-state index in [-0.39, 0.29) is 5.91 Å². The molecule has 3 aromatic rings. The summed E-state index contributed by atoms with van der Waals surface area (Å²) in [6.45, 7) is 6.05. The Morgan fingerprint density at radius 1 is 0.923 bits per heavy atom. The Kier molecular flexibility index (Phi) is 4.75. The van der Waals surface area contributed by atoms with Gasteiger partial charge in [0, 0.05) is 16.6 Å². The lowest BCUT2D eigenvalue weighted by Gasteiger charge is -2.11. The number of nitrogens with zero attached hydrogens (tertiary/aromatic N) is 2. The highest BCUT2D eigenvalue weighted by Gasteiger charge is 2.13. The predicted octanol–water partition coefficient (Wildman–Crippen LogP) is 3.82. The van der Waals surface area contributed by atoms with Crippen LogP contribution in [0.15, 0.2) is 30.3 Å². The molecule has 1 amide bonds. The summed E-state index contributed by atoms with van der Waals surface area (Å²) in [6, 6.07) is 8.71. The van der Waals surface area contributed by atoms with Crippen molar-refractivity contribution in [1.29, 1.82) is 0 Å². The largest absolute Gasteiger partial charge is 0.493 e. The summed E-state index contributed by atoms with van der Waals surface area (Å²) in [5.41, 5.74) is 4.31. The van der Waals surface area contributed by atoms with Gasteiger partial charge < -0.3 is 14.8 Å². The van der Waals surface area contributed by atoms with Crippen LogP contribution in [0.2, 0.25) is 0 Å². The number of nitrogens with one attached hydrogen (secondary N) is 1. The molecule has 0 aliphatic rings. The van der Waals surface area contributed by atoms with E-state index in [2.05, 4.69) is 22.2 Å². The fraction of sp³-hybridized carbons (Fsp3) is 0.250. The number of aromatic nitrogens is 2. The van der Waals surface area contributed by atoms with Crippen LogP contribution in [-0.2, 0) is 0 Å². The second-order valence-electron chi connectivity index (χ2n) is 6.04. The Labute approximate surface area is 152 Å². The van der Waals surface area contributed by atoms with Crippen LogP contribution in [0.4, 0.5) is 5.82 Å². The van der Waals surface area contributed by atoms with Crippen LogP contribution >= 0.6 is 0 Å². The van der Waals surface area contributed by atoms with Crippen molar-refractivity contribution >= 4 is 22.8 Å². The number of amides is 1. The van der Waals surface area contributed by atoms with Crippen molar-refractivity contribution in [3.05, 3.63) is 52.7 Å². The van der Waals surface area contributed by atoms with Gasteiger partial charge >= 0.3 is 0 Å². The van der Waals surface area contributed by atoms with Gasteiger partial charge in [-0.3, -0.25) is 4.79 Å². The first-order valence-corrected chi connectivity index (χ1v) is 8.22. The Hall–Kier alpha value is -3.15. The molecule has 2 aromatic heterocycles. The monoisotopic (exact) mass is 351 g/mol. The van der Waals surface area contributed by atoms with Crippen molar-refractivity contribution in [2.45, 2.75) is 20.8 Å². The van der Waals surface area contributed by atoms with Crippen LogP contribution in [0.3, 0.4) is 0 Å². The molecule has 0 atom stereocenters. The van der Waals surface area contributed by atoms with Crippen LogP contribution in [-0.4, -0.2) is 30.1 Å². The average Bonchev–Trinajstić information content (AvgIpc) is 2.65. The molecule has 0 fully saturated rings. The lowest BCUT2D eigenvalue weighted by Crippen LogP contribution is -2.13. The normalized spacial score (nSPS) is 10.7. The van der Waals surface area contributed by atoms with Crippen LogP contribution in [0.5, 0.6) is 11.5 Å². The summed E-state index contributed by atoms with van der Waals surface area (Å²) in [7, 11) is 3.08. The van der Waals surface area contributed by atoms with Gasteiger partial charge in [-0.05, 0) is 62.2 Å². The minimum atomic E-state index is -0.279. The number of aryl methyl sites for hydroxylation is 2. The zero-order chi connectivity index (χ0) is 18.8. The number of rotatable bonds is 4. The third-order valence-corrected chi connectivity index (χ3v) is 4.55. The van der Waals surface area contributed by atoms with Crippen molar-refractivity contribution in [2.75, 3.05) is 19.5 Å². The molecule has 3 rings (SSSR count). The molecule has 6 heteroatoms. The number of methoxy groups -OCH3 is 2. The lowest BCUT2D eigenvalue weighted by molar-refractivity contribution is 0.102. The molecule has 1 aromatic carbocycles. The maximum Gasteiger partial charge on any atom is 0.256 e. The summed E-state index contributed by atoms with van der Waals surface area (Å²) < 4.78 is 10.4. The lowest BCUT2D eigenvalue weighted by atomic mass is 10.1. The number of pyridine rings is 2. The fourth-order valence-electron chi connectivity index (χ4n) is 2.78. The molecule has 0 saturated carbocycles. The summed E-state index contributed by atoms with van der Waals surface area (Å²) in [4.78, 5) is 21.5. The zero-order valence-electron chi connectivity index (χ0n) is 15.5. The van der Waals surface area contributed by atoms with Crippen LogP contribution in [0.25, 0.3) is 11.0 Å². The molecule has 0 aliphatic carbocycles. The molecular weight excluding hydrogens is 330 g/mol. The number of ether oxygens (including phenoxy) is 2. The average molecular weight is 351 g/mol. The van der Waals surface area contributed by atoms with Crippen LogP contribution in [0.1, 0.15) is 27.2 Å². The number of anilines is 1. The van der Waals surface area contributed by atoms with Gasteiger partial charge in [0.15, 0.2) is 17.1 Å². The number of hydrogen-bond donors (Lipinski definition) is 1. The minimum absolute atomic E-state index is 0.279. The molecule has 1 N–H and O–H groups in total. The smallest absolute Gasteiger partial charge is 0.256 e. The van der Waals surface area contributed by atoms with Crippen molar-refractivity contribution < 1.29 is 14.3 Å². The summed E-state index contributed by atoms with van der Waals surface area (Å²) >= 11 is 0. The van der Waals surface area contributed by atoms with E-state index >= 15 is 0 Å². The number of fused-ring (bicyclic) bond motifs is 1. The Balaban J connectivity index is 1.91. The van der Waals surface area contributed by atoms with Gasteiger partial charge in [0.1, 0.15) is 5.82 Å². The third-order valence-electron chi connectivity index (χ3n) is 4.55. The maximum atomic E-state index is 12.5. The Morgan fingerprint density at radius 3 is 2.35 bits per heavy atom. The van der Waals surface area contributed by atoms with Gasteiger partial charge in [-0.15, -0.1) is 0 Å². The zero-order valence-corrected chi connectivity index (χ0v) is 15.5. The molecule has 0 aliphatic heterocycles. The van der Waals surface area contributed by atoms with Crippen molar-refractivity contribution in [3.8, 4) is 11.5 Å². The Bertz CT molecular complexity index is 999. The summed E-state index contributed by atoms with van der Waals surface area (Å²) in [5, 5.41) is 3.79. The summed E-state index contributed by atoms with van der Waals surface area (Å²) in [6.07, 6.45) is 0. The molecule has 2 heterocycles.